The SMILES string of the molecule is CC(C)(C)c1nc(C(=O)NCc2ccc(-c3ccnc4n[nH]c(C[C@H]5CCNC5)c34)cc2F)no1. The first-order chi connectivity index (χ1) is 16.8. The number of hydrogen-bond donors (Lipinski definition) is 3. The molecule has 3 N–H and O–H groups in total. The van der Waals surface area contributed by atoms with Gasteiger partial charge in [0.1, 0.15) is 5.82 Å². The molecular formula is C25H28FN7O2. The summed E-state index contributed by atoms with van der Waals surface area (Å²) in [5, 5.41) is 18.2. The molecule has 0 unspecified atom stereocenters. The van der Waals surface area contributed by atoms with Crippen LogP contribution in [-0.2, 0) is 18.4 Å². The first kappa shape index (κ1) is 23.1. The van der Waals surface area contributed by atoms with Crippen LogP contribution in [0.5, 0.6) is 0 Å². The van der Waals surface area contributed by atoms with E-state index in [0.717, 1.165) is 48.1 Å². The molecule has 35 heavy (non-hydrogen) atoms. The minimum atomic E-state index is -0.520. The fourth-order valence-electron chi connectivity index (χ4n) is 4.31. The Morgan fingerprint density at radius 1 is 1.29 bits per heavy atom. The highest BCUT2D eigenvalue weighted by Crippen LogP contribution is 2.31. The number of pyridine rings is 1. The van der Waals surface area contributed by atoms with Crippen molar-refractivity contribution in [2.45, 2.75) is 45.6 Å². The third kappa shape index (κ3) is 4.79. The average Bonchev–Trinajstić information content (AvgIpc) is 3.59. The molecule has 1 saturated heterocycles. The van der Waals surface area contributed by atoms with Crippen LogP contribution >= 0.6 is 0 Å². The number of aromatic amines is 1. The second-order valence-corrected chi connectivity index (χ2v) is 9.98. The molecule has 0 spiro atoms. The zero-order valence-electron chi connectivity index (χ0n) is 20.0. The lowest BCUT2D eigenvalue weighted by Gasteiger charge is -2.11. The van der Waals surface area contributed by atoms with E-state index >= 15 is 4.39 Å². The Morgan fingerprint density at radius 2 is 2.14 bits per heavy atom. The van der Waals surface area contributed by atoms with E-state index in [2.05, 4.69) is 36.0 Å². The van der Waals surface area contributed by atoms with Gasteiger partial charge in [-0.1, -0.05) is 38.1 Å². The Hall–Kier alpha value is -3.66. The molecule has 1 aliphatic rings. The Labute approximate surface area is 201 Å². The molecule has 1 amide bonds. The van der Waals surface area contributed by atoms with Crippen LogP contribution in [0.4, 0.5) is 4.39 Å². The van der Waals surface area contributed by atoms with Gasteiger partial charge in [0.25, 0.3) is 11.7 Å². The summed E-state index contributed by atoms with van der Waals surface area (Å²) in [5.41, 5.74) is 3.23. The molecule has 3 aromatic heterocycles. The molecule has 1 fully saturated rings. The maximum atomic E-state index is 15.1. The Morgan fingerprint density at radius 3 is 2.86 bits per heavy atom. The summed E-state index contributed by atoms with van der Waals surface area (Å²) < 4.78 is 20.2. The summed E-state index contributed by atoms with van der Waals surface area (Å²) in [7, 11) is 0. The highest BCUT2D eigenvalue weighted by atomic mass is 19.1. The van der Waals surface area contributed by atoms with Crippen LogP contribution in [0.2, 0.25) is 0 Å². The monoisotopic (exact) mass is 477 g/mol. The van der Waals surface area contributed by atoms with E-state index in [1.54, 1.807) is 12.3 Å². The molecule has 10 heteroatoms. The Kier molecular flexibility index (Phi) is 6.06. The molecule has 0 saturated carbocycles. The van der Waals surface area contributed by atoms with Gasteiger partial charge in [0.15, 0.2) is 5.65 Å². The minimum absolute atomic E-state index is 0.00172. The minimum Gasteiger partial charge on any atom is -0.345 e. The molecule has 182 valence electrons. The smallest absolute Gasteiger partial charge is 0.292 e. The number of fused-ring (bicyclic) bond motifs is 1. The fraction of sp³-hybridized carbons (Fsp3) is 0.400. The number of amides is 1. The van der Waals surface area contributed by atoms with E-state index in [4.69, 9.17) is 4.52 Å². The molecule has 0 aliphatic carbocycles. The van der Waals surface area contributed by atoms with E-state index in [0.29, 0.717) is 23.0 Å². The number of carbonyl (C=O) groups excluding carboxylic acids is 1. The summed E-state index contributed by atoms with van der Waals surface area (Å²) in [4.78, 5) is 20.9. The molecule has 5 rings (SSSR count). The standard InChI is InChI=1S/C25H28FN7O2/c1-25(2,3)24-30-22(33-35-24)23(34)29-13-16-5-4-15(11-18(16)26)17-7-9-28-21-20(17)19(31-32-21)10-14-6-8-27-12-14/h4-5,7,9,11,14,27H,6,8,10,12-13H2,1-3H3,(H,29,34)(H,28,31,32)/t14-/m1/s1. The van der Waals surface area contributed by atoms with Gasteiger partial charge in [-0.15, -0.1) is 0 Å². The number of nitrogens with one attached hydrogen (secondary N) is 3. The Bertz CT molecular complexity index is 1370. The summed E-state index contributed by atoms with van der Waals surface area (Å²) in [5.74, 6) is -0.108. The van der Waals surface area contributed by atoms with Crippen molar-refractivity contribution in [2.24, 2.45) is 5.92 Å². The maximum absolute atomic E-state index is 15.1. The van der Waals surface area contributed by atoms with Crippen molar-refractivity contribution >= 4 is 16.9 Å². The molecular weight excluding hydrogens is 449 g/mol. The van der Waals surface area contributed by atoms with Gasteiger partial charge in [0.2, 0.25) is 5.89 Å². The number of H-pyrrole nitrogens is 1. The summed E-state index contributed by atoms with van der Waals surface area (Å²) in [6.07, 6.45) is 3.66. The molecule has 1 aliphatic heterocycles. The van der Waals surface area contributed by atoms with E-state index in [-0.39, 0.29) is 17.8 Å². The van der Waals surface area contributed by atoms with Crippen LogP contribution in [-0.4, -0.2) is 44.3 Å². The number of nitrogens with zero attached hydrogens (tertiary/aromatic N) is 4. The van der Waals surface area contributed by atoms with Crippen LogP contribution < -0.4 is 10.6 Å². The topological polar surface area (TPSA) is 122 Å². The first-order valence-corrected chi connectivity index (χ1v) is 11.7. The average molecular weight is 478 g/mol. The molecule has 9 nitrogen and oxygen atoms in total. The van der Waals surface area contributed by atoms with Crippen LogP contribution in [0.15, 0.2) is 35.0 Å². The molecule has 0 radical (unpaired) electrons. The van der Waals surface area contributed by atoms with Gasteiger partial charge in [-0.05, 0) is 55.1 Å². The van der Waals surface area contributed by atoms with Crippen molar-refractivity contribution in [3.8, 4) is 11.1 Å². The van der Waals surface area contributed by atoms with Gasteiger partial charge in [-0.3, -0.25) is 9.89 Å². The lowest BCUT2D eigenvalue weighted by Crippen LogP contribution is -2.24. The van der Waals surface area contributed by atoms with Gasteiger partial charge >= 0.3 is 0 Å². The molecule has 4 heterocycles. The van der Waals surface area contributed by atoms with Crippen molar-refractivity contribution in [3.63, 3.8) is 0 Å². The molecule has 1 aromatic carbocycles. The lowest BCUT2D eigenvalue weighted by atomic mass is 9.96. The largest absolute Gasteiger partial charge is 0.345 e. The number of benzene rings is 1. The predicted octanol–water partition coefficient (Wildman–Crippen LogP) is 3.53. The van der Waals surface area contributed by atoms with Crippen LogP contribution in [0.1, 0.15) is 55.0 Å². The number of carbonyl (C=O) groups is 1. The van der Waals surface area contributed by atoms with Crippen LogP contribution in [0.3, 0.4) is 0 Å². The van der Waals surface area contributed by atoms with E-state index in [1.807, 2.05) is 32.9 Å². The molecule has 1 atom stereocenters. The van der Waals surface area contributed by atoms with Crippen LogP contribution in [0.25, 0.3) is 22.2 Å². The van der Waals surface area contributed by atoms with E-state index < -0.39 is 11.7 Å². The first-order valence-electron chi connectivity index (χ1n) is 11.7. The van der Waals surface area contributed by atoms with Gasteiger partial charge < -0.3 is 15.2 Å². The second-order valence-electron chi connectivity index (χ2n) is 9.98. The van der Waals surface area contributed by atoms with E-state index in [1.165, 1.54) is 6.07 Å². The number of aromatic nitrogens is 5. The van der Waals surface area contributed by atoms with Crippen LogP contribution in [0, 0.1) is 11.7 Å². The van der Waals surface area contributed by atoms with Crippen molar-refractivity contribution in [3.05, 3.63) is 59.3 Å². The maximum Gasteiger partial charge on any atom is 0.292 e. The van der Waals surface area contributed by atoms with Crippen molar-refractivity contribution in [1.82, 2.24) is 36.0 Å². The van der Waals surface area contributed by atoms with E-state index in [9.17, 15) is 4.79 Å². The van der Waals surface area contributed by atoms with Crippen molar-refractivity contribution < 1.29 is 13.7 Å². The fourth-order valence-corrected chi connectivity index (χ4v) is 4.31. The lowest BCUT2D eigenvalue weighted by molar-refractivity contribution is 0.0937. The van der Waals surface area contributed by atoms with Crippen molar-refractivity contribution in [2.75, 3.05) is 13.1 Å². The summed E-state index contributed by atoms with van der Waals surface area (Å²) in [6.45, 7) is 7.74. The number of rotatable bonds is 6. The second kappa shape index (κ2) is 9.18. The number of halogens is 1. The van der Waals surface area contributed by atoms with Crippen molar-refractivity contribution in [1.29, 1.82) is 0 Å². The van der Waals surface area contributed by atoms with Gasteiger partial charge in [0.05, 0.1) is 0 Å². The van der Waals surface area contributed by atoms with Gasteiger partial charge in [-0.25, -0.2) is 9.37 Å². The zero-order valence-corrected chi connectivity index (χ0v) is 20.0. The molecule has 4 aromatic rings. The molecule has 0 bridgehead atoms. The van der Waals surface area contributed by atoms with Gasteiger partial charge in [0, 0.05) is 34.8 Å². The third-order valence-corrected chi connectivity index (χ3v) is 6.26. The Balaban J connectivity index is 1.34. The quantitative estimate of drug-likeness (QED) is 0.388. The normalized spacial score (nSPS) is 16.2. The number of hydrogen-bond acceptors (Lipinski definition) is 7. The predicted molar refractivity (Wildman–Crippen MR) is 128 cm³/mol. The summed E-state index contributed by atoms with van der Waals surface area (Å²) >= 11 is 0. The van der Waals surface area contributed by atoms with Gasteiger partial charge in [-0.2, -0.15) is 10.1 Å². The third-order valence-electron chi connectivity index (χ3n) is 6.26. The zero-order chi connectivity index (χ0) is 24.6. The highest BCUT2D eigenvalue weighted by molar-refractivity contribution is 5.94. The summed E-state index contributed by atoms with van der Waals surface area (Å²) in [6, 6.07) is 6.89. The highest BCUT2D eigenvalue weighted by Gasteiger charge is 2.24.